The van der Waals surface area contributed by atoms with Crippen LogP contribution in [0.4, 0.5) is 0 Å². The fourth-order valence-electron chi connectivity index (χ4n) is 3.78. The van der Waals surface area contributed by atoms with Crippen LogP contribution in [-0.2, 0) is 10.1 Å². The van der Waals surface area contributed by atoms with E-state index in [9.17, 15) is 13.0 Å². The largest absolute Gasteiger partial charge is 0.294 e. The monoisotopic (exact) mass is 332 g/mol. The van der Waals surface area contributed by atoms with E-state index in [0.29, 0.717) is 0 Å². The van der Waals surface area contributed by atoms with E-state index in [1.807, 2.05) is 30.3 Å². The van der Waals surface area contributed by atoms with Crippen molar-refractivity contribution in [2.24, 2.45) is 0 Å². The van der Waals surface area contributed by atoms with Crippen molar-refractivity contribution >= 4 is 53.2 Å². The molecular formula is C20H12O3S. The molecule has 0 aliphatic rings. The fourth-order valence-corrected chi connectivity index (χ4v) is 4.32. The minimum atomic E-state index is -4.26. The standard InChI is InChI=1S/C20H12O3S/c21-24(22,23)14-10-13-6-3-8-16-15-7-1-4-12-5-2-9-17(19(12)15)18(11-14)20(13)16/h1-11H,(H,21,22,23). The second kappa shape index (κ2) is 4.44. The molecule has 0 aliphatic heterocycles. The summed E-state index contributed by atoms with van der Waals surface area (Å²) in [5, 5.41) is 8.16. The van der Waals surface area contributed by atoms with Gasteiger partial charge in [-0.1, -0.05) is 54.6 Å². The molecule has 0 unspecified atom stereocenters. The van der Waals surface area contributed by atoms with Gasteiger partial charge in [-0.25, -0.2) is 0 Å². The first-order chi connectivity index (χ1) is 11.5. The summed E-state index contributed by atoms with van der Waals surface area (Å²) >= 11 is 0. The number of benzene rings is 5. The normalized spacial score (nSPS) is 12.7. The van der Waals surface area contributed by atoms with Crippen molar-refractivity contribution in [2.45, 2.75) is 4.90 Å². The van der Waals surface area contributed by atoms with Crippen molar-refractivity contribution in [3.63, 3.8) is 0 Å². The molecule has 0 saturated carbocycles. The minimum Gasteiger partial charge on any atom is -0.282 e. The van der Waals surface area contributed by atoms with E-state index in [-0.39, 0.29) is 4.90 Å². The molecule has 5 rings (SSSR count). The first kappa shape index (κ1) is 13.7. The maximum atomic E-state index is 11.7. The summed E-state index contributed by atoms with van der Waals surface area (Å²) in [4.78, 5) is -0.0708. The van der Waals surface area contributed by atoms with Crippen LogP contribution in [0.5, 0.6) is 0 Å². The molecule has 116 valence electrons. The number of fused-ring (bicyclic) bond motifs is 2. The summed E-state index contributed by atoms with van der Waals surface area (Å²) in [5.41, 5.74) is 0. The van der Waals surface area contributed by atoms with Gasteiger partial charge < -0.3 is 0 Å². The van der Waals surface area contributed by atoms with Crippen LogP contribution in [0.15, 0.2) is 71.6 Å². The third kappa shape index (κ3) is 1.72. The predicted octanol–water partition coefficient (Wildman–Crippen LogP) is 4.98. The Labute approximate surface area is 138 Å². The van der Waals surface area contributed by atoms with Gasteiger partial charge in [0.2, 0.25) is 0 Å². The van der Waals surface area contributed by atoms with Crippen LogP contribution in [-0.4, -0.2) is 13.0 Å². The van der Waals surface area contributed by atoms with E-state index < -0.39 is 10.1 Å². The third-order valence-electron chi connectivity index (χ3n) is 4.73. The first-order valence-electron chi connectivity index (χ1n) is 7.61. The summed E-state index contributed by atoms with van der Waals surface area (Å²) in [5.74, 6) is 0. The number of hydrogen-bond donors (Lipinski definition) is 1. The Kier molecular flexibility index (Phi) is 2.54. The van der Waals surface area contributed by atoms with Crippen molar-refractivity contribution < 1.29 is 13.0 Å². The van der Waals surface area contributed by atoms with E-state index in [0.717, 1.165) is 43.1 Å². The average molecular weight is 332 g/mol. The molecule has 0 amide bonds. The van der Waals surface area contributed by atoms with E-state index in [1.165, 1.54) is 6.07 Å². The van der Waals surface area contributed by atoms with Crippen LogP contribution in [0.1, 0.15) is 0 Å². The van der Waals surface area contributed by atoms with Gasteiger partial charge in [0, 0.05) is 0 Å². The molecule has 1 N–H and O–H groups in total. The van der Waals surface area contributed by atoms with Crippen LogP contribution >= 0.6 is 0 Å². The molecule has 5 aromatic carbocycles. The number of hydrogen-bond acceptors (Lipinski definition) is 2. The van der Waals surface area contributed by atoms with Gasteiger partial charge in [-0.3, -0.25) is 4.55 Å². The van der Waals surface area contributed by atoms with Crippen LogP contribution in [0.25, 0.3) is 43.1 Å². The molecule has 0 saturated heterocycles. The zero-order valence-electron chi connectivity index (χ0n) is 12.5. The molecule has 0 bridgehead atoms. The number of rotatable bonds is 1. The molecule has 0 radical (unpaired) electrons. The highest BCUT2D eigenvalue weighted by molar-refractivity contribution is 7.85. The average Bonchev–Trinajstić information content (AvgIpc) is 2.58. The summed E-state index contributed by atoms with van der Waals surface area (Å²) in [7, 11) is -4.26. The van der Waals surface area contributed by atoms with Crippen molar-refractivity contribution in [1.29, 1.82) is 0 Å². The molecule has 24 heavy (non-hydrogen) atoms. The first-order valence-corrected chi connectivity index (χ1v) is 9.05. The lowest BCUT2D eigenvalue weighted by Gasteiger charge is -2.14. The van der Waals surface area contributed by atoms with Crippen molar-refractivity contribution in [3.05, 3.63) is 66.7 Å². The van der Waals surface area contributed by atoms with Gasteiger partial charge in [0.25, 0.3) is 10.1 Å². The molecule has 0 spiro atoms. The maximum Gasteiger partial charge on any atom is 0.294 e. The molecule has 5 aromatic rings. The second-order valence-electron chi connectivity index (χ2n) is 6.06. The molecule has 0 heterocycles. The smallest absolute Gasteiger partial charge is 0.282 e. The van der Waals surface area contributed by atoms with Gasteiger partial charge in [-0.15, -0.1) is 0 Å². The van der Waals surface area contributed by atoms with Crippen LogP contribution in [0.2, 0.25) is 0 Å². The third-order valence-corrected chi connectivity index (χ3v) is 5.56. The highest BCUT2D eigenvalue weighted by Gasteiger charge is 2.17. The summed E-state index contributed by atoms with van der Waals surface area (Å²) in [6, 6.07) is 21.2. The molecule has 0 atom stereocenters. The molecule has 4 heteroatoms. The zero-order valence-corrected chi connectivity index (χ0v) is 13.3. The van der Waals surface area contributed by atoms with Crippen molar-refractivity contribution in [2.75, 3.05) is 0 Å². The molecule has 0 aromatic heterocycles. The predicted molar refractivity (Wildman–Crippen MR) is 97.5 cm³/mol. The van der Waals surface area contributed by atoms with E-state index in [4.69, 9.17) is 0 Å². The molecular weight excluding hydrogens is 320 g/mol. The Bertz CT molecular complexity index is 1360. The molecule has 3 nitrogen and oxygen atoms in total. The van der Waals surface area contributed by atoms with Crippen LogP contribution < -0.4 is 0 Å². The van der Waals surface area contributed by atoms with E-state index in [2.05, 4.69) is 24.3 Å². The minimum absolute atomic E-state index is 0.0708. The van der Waals surface area contributed by atoms with Crippen LogP contribution in [0, 0.1) is 0 Å². The molecule has 0 aliphatic carbocycles. The quantitative estimate of drug-likeness (QED) is 0.267. The molecule has 0 fully saturated rings. The van der Waals surface area contributed by atoms with Gasteiger partial charge in [-0.05, 0) is 55.2 Å². The van der Waals surface area contributed by atoms with Gasteiger partial charge in [0.1, 0.15) is 0 Å². The maximum absolute atomic E-state index is 11.7. The summed E-state index contributed by atoms with van der Waals surface area (Å²) in [6.07, 6.45) is 0. The van der Waals surface area contributed by atoms with Gasteiger partial charge in [-0.2, -0.15) is 8.42 Å². The summed E-state index contributed by atoms with van der Waals surface area (Å²) in [6.45, 7) is 0. The summed E-state index contributed by atoms with van der Waals surface area (Å²) < 4.78 is 32.9. The van der Waals surface area contributed by atoms with E-state index >= 15 is 0 Å². The Morgan fingerprint density at radius 3 is 1.71 bits per heavy atom. The highest BCUT2D eigenvalue weighted by Crippen LogP contribution is 2.40. The van der Waals surface area contributed by atoms with Crippen molar-refractivity contribution in [1.82, 2.24) is 0 Å². The van der Waals surface area contributed by atoms with Gasteiger partial charge >= 0.3 is 0 Å². The Balaban J connectivity index is 2.20. The van der Waals surface area contributed by atoms with Gasteiger partial charge in [0.15, 0.2) is 0 Å². The lowest BCUT2D eigenvalue weighted by atomic mass is 9.90. The lowest BCUT2D eigenvalue weighted by Crippen LogP contribution is -1.98. The van der Waals surface area contributed by atoms with E-state index in [1.54, 1.807) is 6.07 Å². The lowest BCUT2D eigenvalue weighted by molar-refractivity contribution is 0.483. The SMILES string of the molecule is O=S(=O)(O)c1cc2cccc3c4cccc5cccc(c(c1)c23)c54. The fraction of sp³-hybridized carbons (Fsp3) is 0. The zero-order chi connectivity index (χ0) is 16.5. The Morgan fingerprint density at radius 2 is 1.12 bits per heavy atom. The Morgan fingerprint density at radius 1 is 0.625 bits per heavy atom. The van der Waals surface area contributed by atoms with Gasteiger partial charge in [0.05, 0.1) is 4.90 Å². The Hall–Kier alpha value is -2.69. The van der Waals surface area contributed by atoms with Crippen LogP contribution in [0.3, 0.4) is 0 Å². The topological polar surface area (TPSA) is 54.4 Å². The van der Waals surface area contributed by atoms with Crippen molar-refractivity contribution in [3.8, 4) is 0 Å². The highest BCUT2D eigenvalue weighted by atomic mass is 32.2. The second-order valence-corrected chi connectivity index (χ2v) is 7.48.